The molecule has 0 aliphatic carbocycles. The highest BCUT2D eigenvalue weighted by Gasteiger charge is 2.12. The van der Waals surface area contributed by atoms with Gasteiger partial charge in [0.1, 0.15) is 0 Å². The van der Waals surface area contributed by atoms with Gasteiger partial charge in [-0.15, -0.1) is 0 Å². The van der Waals surface area contributed by atoms with E-state index in [0.717, 1.165) is 22.9 Å². The fraction of sp³-hybridized carbons (Fsp3) is 0.182. The zero-order valence-corrected chi connectivity index (χ0v) is 8.56. The van der Waals surface area contributed by atoms with Crippen LogP contribution in [-0.4, -0.2) is 16.8 Å². The summed E-state index contributed by atoms with van der Waals surface area (Å²) in [5, 5.41) is 3.27. The second-order valence-electron chi connectivity index (χ2n) is 3.50. The summed E-state index contributed by atoms with van der Waals surface area (Å²) in [5.41, 5.74) is 2.04. The Morgan fingerprint density at radius 2 is 2.25 bits per heavy atom. The molecule has 5 nitrogen and oxygen atoms in total. The van der Waals surface area contributed by atoms with Gasteiger partial charge >= 0.3 is 0 Å². The molecule has 0 fully saturated rings. The van der Waals surface area contributed by atoms with Crippen molar-refractivity contribution >= 4 is 5.69 Å². The number of H-pyrrole nitrogens is 1. The van der Waals surface area contributed by atoms with Crippen LogP contribution in [-0.2, 0) is 6.54 Å². The van der Waals surface area contributed by atoms with E-state index in [1.807, 2.05) is 18.2 Å². The summed E-state index contributed by atoms with van der Waals surface area (Å²) in [7, 11) is 0. The predicted octanol–water partition coefficient (Wildman–Crippen LogP) is 1.75. The largest absolute Gasteiger partial charge is 0.454 e. The van der Waals surface area contributed by atoms with Gasteiger partial charge in [-0.25, -0.2) is 4.98 Å². The smallest absolute Gasteiger partial charge is 0.231 e. The summed E-state index contributed by atoms with van der Waals surface area (Å²) in [6, 6.07) is 5.79. The van der Waals surface area contributed by atoms with Gasteiger partial charge in [-0.1, -0.05) is 0 Å². The zero-order chi connectivity index (χ0) is 10.8. The fourth-order valence-electron chi connectivity index (χ4n) is 1.59. The number of aromatic nitrogens is 2. The van der Waals surface area contributed by atoms with Crippen molar-refractivity contribution in [2.45, 2.75) is 6.54 Å². The highest BCUT2D eigenvalue weighted by Crippen LogP contribution is 2.34. The number of ether oxygens (including phenoxy) is 2. The van der Waals surface area contributed by atoms with Crippen molar-refractivity contribution in [1.29, 1.82) is 0 Å². The van der Waals surface area contributed by atoms with Crippen molar-refractivity contribution in [2.75, 3.05) is 12.1 Å². The molecule has 3 rings (SSSR count). The Morgan fingerprint density at radius 1 is 1.31 bits per heavy atom. The molecule has 82 valence electrons. The number of benzene rings is 1. The van der Waals surface area contributed by atoms with Gasteiger partial charge < -0.3 is 19.8 Å². The Morgan fingerprint density at radius 3 is 3.12 bits per heavy atom. The van der Waals surface area contributed by atoms with Gasteiger partial charge in [-0.05, 0) is 12.1 Å². The summed E-state index contributed by atoms with van der Waals surface area (Å²) >= 11 is 0. The first-order valence-electron chi connectivity index (χ1n) is 5.02. The van der Waals surface area contributed by atoms with Gasteiger partial charge in [0.2, 0.25) is 6.79 Å². The number of imidazole rings is 1. The van der Waals surface area contributed by atoms with Crippen molar-refractivity contribution in [3.8, 4) is 11.5 Å². The molecular weight excluding hydrogens is 206 g/mol. The summed E-state index contributed by atoms with van der Waals surface area (Å²) in [4.78, 5) is 6.98. The summed E-state index contributed by atoms with van der Waals surface area (Å²) in [6.07, 6.45) is 3.45. The molecule has 0 saturated heterocycles. The van der Waals surface area contributed by atoms with Crippen LogP contribution in [0.4, 0.5) is 5.69 Å². The van der Waals surface area contributed by atoms with Gasteiger partial charge in [0, 0.05) is 18.0 Å². The Kier molecular flexibility index (Phi) is 2.14. The maximum Gasteiger partial charge on any atom is 0.231 e. The van der Waals surface area contributed by atoms with E-state index in [-0.39, 0.29) is 0 Å². The Hall–Kier alpha value is -2.17. The first-order chi connectivity index (χ1) is 7.92. The Labute approximate surface area is 92.4 Å². The average Bonchev–Trinajstić information content (AvgIpc) is 2.97. The van der Waals surface area contributed by atoms with E-state index in [2.05, 4.69) is 15.3 Å². The maximum absolute atomic E-state index is 5.29. The SMILES string of the molecule is c1ncc(CNc2ccc3c(c2)OCO3)[nH]1. The van der Waals surface area contributed by atoms with Crippen molar-refractivity contribution < 1.29 is 9.47 Å². The lowest BCUT2D eigenvalue weighted by atomic mass is 10.2. The zero-order valence-electron chi connectivity index (χ0n) is 8.56. The molecule has 2 N–H and O–H groups in total. The molecule has 0 bridgehead atoms. The van der Waals surface area contributed by atoms with Crippen LogP contribution in [0.2, 0.25) is 0 Å². The molecule has 0 amide bonds. The quantitative estimate of drug-likeness (QED) is 0.822. The standard InChI is InChI=1S/C11H11N3O2/c1-2-10-11(16-7-15-10)3-8(1)13-5-9-4-12-6-14-9/h1-4,6,13H,5,7H2,(H,12,14). The first-order valence-corrected chi connectivity index (χ1v) is 5.02. The summed E-state index contributed by atoms with van der Waals surface area (Å²) < 4.78 is 10.5. The Bertz CT molecular complexity index is 482. The van der Waals surface area contributed by atoms with Crippen LogP contribution in [0.1, 0.15) is 5.69 Å². The minimum Gasteiger partial charge on any atom is -0.454 e. The maximum atomic E-state index is 5.29. The number of hydrogen-bond acceptors (Lipinski definition) is 4. The van der Waals surface area contributed by atoms with Crippen LogP contribution in [0.25, 0.3) is 0 Å². The van der Waals surface area contributed by atoms with Gasteiger partial charge in [-0.3, -0.25) is 0 Å². The fourth-order valence-corrected chi connectivity index (χ4v) is 1.59. The lowest BCUT2D eigenvalue weighted by molar-refractivity contribution is 0.174. The third-order valence-corrected chi connectivity index (χ3v) is 2.41. The molecular formula is C11H11N3O2. The van der Waals surface area contributed by atoms with E-state index in [9.17, 15) is 0 Å². The van der Waals surface area contributed by atoms with E-state index in [1.165, 1.54) is 0 Å². The molecule has 2 heterocycles. The summed E-state index contributed by atoms with van der Waals surface area (Å²) in [5.74, 6) is 1.58. The van der Waals surface area contributed by atoms with Crippen molar-refractivity contribution in [1.82, 2.24) is 9.97 Å². The average molecular weight is 217 g/mol. The molecule has 0 unspecified atom stereocenters. The van der Waals surface area contributed by atoms with E-state index in [4.69, 9.17) is 9.47 Å². The monoisotopic (exact) mass is 217 g/mol. The lowest BCUT2D eigenvalue weighted by Gasteiger charge is -2.05. The number of fused-ring (bicyclic) bond motifs is 1. The number of hydrogen-bond donors (Lipinski definition) is 2. The number of aromatic amines is 1. The van der Waals surface area contributed by atoms with Crippen molar-refractivity contribution in [3.05, 3.63) is 36.4 Å². The normalized spacial score (nSPS) is 12.8. The number of nitrogens with zero attached hydrogens (tertiary/aromatic N) is 1. The first kappa shape index (κ1) is 9.08. The van der Waals surface area contributed by atoms with Gasteiger partial charge in [-0.2, -0.15) is 0 Å². The second kappa shape index (κ2) is 3.77. The minimum absolute atomic E-state index is 0.305. The van der Waals surface area contributed by atoms with Gasteiger partial charge in [0.05, 0.1) is 18.6 Å². The van der Waals surface area contributed by atoms with Gasteiger partial charge in [0.15, 0.2) is 11.5 Å². The number of anilines is 1. The molecule has 0 spiro atoms. The molecule has 16 heavy (non-hydrogen) atoms. The van der Waals surface area contributed by atoms with Crippen molar-refractivity contribution in [2.24, 2.45) is 0 Å². The molecule has 0 saturated carbocycles. The second-order valence-corrected chi connectivity index (χ2v) is 3.50. The molecule has 2 aromatic rings. The van der Waals surface area contributed by atoms with Crippen LogP contribution >= 0.6 is 0 Å². The summed E-state index contributed by atoms with van der Waals surface area (Å²) in [6.45, 7) is 1.01. The van der Waals surface area contributed by atoms with Crippen LogP contribution in [0.15, 0.2) is 30.7 Å². The molecule has 1 aliphatic heterocycles. The van der Waals surface area contributed by atoms with Gasteiger partial charge in [0.25, 0.3) is 0 Å². The molecule has 1 aromatic heterocycles. The van der Waals surface area contributed by atoms with Crippen LogP contribution in [0.3, 0.4) is 0 Å². The molecule has 1 aromatic carbocycles. The Balaban J connectivity index is 1.71. The van der Waals surface area contributed by atoms with Crippen LogP contribution in [0, 0.1) is 0 Å². The third-order valence-electron chi connectivity index (χ3n) is 2.41. The molecule has 5 heteroatoms. The topological polar surface area (TPSA) is 59.2 Å². The molecule has 0 atom stereocenters. The van der Waals surface area contributed by atoms with Crippen molar-refractivity contribution in [3.63, 3.8) is 0 Å². The van der Waals surface area contributed by atoms with E-state index < -0.39 is 0 Å². The lowest BCUT2D eigenvalue weighted by Crippen LogP contribution is -1.99. The number of rotatable bonds is 3. The van der Waals surface area contributed by atoms with E-state index in [1.54, 1.807) is 12.5 Å². The highest BCUT2D eigenvalue weighted by atomic mass is 16.7. The van der Waals surface area contributed by atoms with Crippen LogP contribution in [0.5, 0.6) is 11.5 Å². The highest BCUT2D eigenvalue weighted by molar-refractivity contribution is 5.55. The minimum atomic E-state index is 0.305. The van der Waals surface area contributed by atoms with Crippen LogP contribution < -0.4 is 14.8 Å². The molecule has 1 aliphatic rings. The third kappa shape index (κ3) is 1.67. The molecule has 0 radical (unpaired) electrons. The predicted molar refractivity (Wildman–Crippen MR) is 58.5 cm³/mol. The van der Waals surface area contributed by atoms with E-state index in [0.29, 0.717) is 13.3 Å². The number of nitrogens with one attached hydrogen (secondary N) is 2. The van der Waals surface area contributed by atoms with E-state index >= 15 is 0 Å².